The van der Waals surface area contributed by atoms with Gasteiger partial charge in [-0.15, -0.1) is 0 Å². The molecule has 1 saturated heterocycles. The van der Waals surface area contributed by atoms with Gasteiger partial charge in [-0.25, -0.2) is 0 Å². The normalized spacial score (nSPS) is 22.2. The molecule has 1 amide bonds. The van der Waals surface area contributed by atoms with Crippen molar-refractivity contribution >= 4 is 18.0 Å². The number of hydrogen-bond acceptors (Lipinski definition) is 2. The Bertz CT molecular complexity index is 427. The van der Waals surface area contributed by atoms with Crippen molar-refractivity contribution in [2.45, 2.75) is 48.8 Å². The number of hydrogen-bond donors (Lipinski definition) is 0. The number of rotatable bonds is 4. The number of carbonyl (C=O) groups excluding carboxylic acids is 1. The quantitative estimate of drug-likeness (QED) is 0.545. The predicted molar refractivity (Wildman–Crippen MR) is 79.3 cm³/mol. The number of halogens is 1. The van der Waals surface area contributed by atoms with Crippen molar-refractivity contribution in [1.29, 1.82) is 0 Å². The first-order valence-electron chi connectivity index (χ1n) is 7.27. The van der Waals surface area contributed by atoms with Crippen molar-refractivity contribution < 1.29 is 31.7 Å². The van der Waals surface area contributed by atoms with Gasteiger partial charge in [-0.2, -0.15) is 0 Å². The van der Waals surface area contributed by atoms with Gasteiger partial charge in [-0.1, -0.05) is 0 Å². The number of nitrogens with zero attached hydrogens (tertiary/aromatic N) is 1. The first kappa shape index (κ1) is 16.3. The van der Waals surface area contributed by atoms with Gasteiger partial charge in [0.1, 0.15) is 0 Å². The Hall–Kier alpha value is -0.0949. The molecule has 0 unspecified atom stereocenters. The second-order valence-corrected chi connectivity index (χ2v) is 16.0. The van der Waals surface area contributed by atoms with Crippen LogP contribution in [0, 0.1) is 0 Å². The molecule has 1 aliphatic heterocycles. The maximum absolute atomic E-state index is 12.4. The average Bonchev–Trinajstić information content (AvgIpc) is 2.46. The molecule has 1 aromatic rings. The summed E-state index contributed by atoms with van der Waals surface area (Å²) in [5.74, 6) is 0. The first-order chi connectivity index (χ1) is 9.72. The summed E-state index contributed by atoms with van der Waals surface area (Å²) >= 11 is 2.80. The van der Waals surface area contributed by atoms with Gasteiger partial charge in [0, 0.05) is 0 Å². The van der Waals surface area contributed by atoms with Gasteiger partial charge in [0.25, 0.3) is 0 Å². The molecule has 0 aliphatic carbocycles. The topological polar surface area (TPSA) is 29.5 Å². The monoisotopic (exact) mass is 527 g/mol. The van der Waals surface area contributed by atoms with Gasteiger partial charge in [-0.05, 0) is 0 Å². The maximum atomic E-state index is 12.4. The van der Waals surface area contributed by atoms with Gasteiger partial charge in [0.2, 0.25) is 0 Å². The fraction of sp³-hybridized carbons (Fsp3) is 0.533. The molecule has 20 heavy (non-hydrogen) atoms. The zero-order valence-corrected chi connectivity index (χ0v) is 19.0. The van der Waals surface area contributed by atoms with Crippen LogP contribution in [0.5, 0.6) is 0 Å². The van der Waals surface area contributed by atoms with E-state index in [2.05, 4.69) is 18.8 Å². The molecule has 2 atom stereocenters. The molecule has 2 rings (SSSR count). The second-order valence-electron chi connectivity index (χ2n) is 5.36. The Labute approximate surface area is 138 Å². The van der Waals surface area contributed by atoms with Gasteiger partial charge < -0.3 is 0 Å². The van der Waals surface area contributed by atoms with Crippen LogP contribution >= 0.6 is 11.9 Å². The zero-order valence-electron chi connectivity index (χ0n) is 11.9. The molecule has 1 fully saturated rings. The summed E-state index contributed by atoms with van der Waals surface area (Å²) in [7, 11) is 0. The molecule has 1 aromatic carbocycles. The van der Waals surface area contributed by atoms with Gasteiger partial charge in [0.05, 0.1) is 0 Å². The third-order valence-corrected chi connectivity index (χ3v) is 11.3. The molecule has 1 aliphatic rings. The Morgan fingerprint density at radius 1 is 1.40 bits per heavy atom. The Morgan fingerprint density at radius 3 is 2.85 bits per heavy atom. The summed E-state index contributed by atoms with van der Waals surface area (Å²) in [6, 6.07) is 10.6. The minimum absolute atomic E-state index is 0.139. The molecule has 5 heteroatoms. The minimum atomic E-state index is -0.904. The molecule has 0 aromatic heterocycles. The van der Waals surface area contributed by atoms with Gasteiger partial charge in [-0.3, -0.25) is 0 Å². The summed E-state index contributed by atoms with van der Waals surface area (Å²) < 4.78 is 6.72. The molecule has 3 nitrogen and oxygen atoms in total. The van der Waals surface area contributed by atoms with E-state index in [0.717, 1.165) is 18.4 Å². The van der Waals surface area contributed by atoms with Crippen LogP contribution in [-0.4, -0.2) is 23.1 Å². The van der Waals surface area contributed by atoms with Crippen LogP contribution in [0.3, 0.4) is 0 Å². The van der Waals surface area contributed by atoms with Crippen molar-refractivity contribution in [2.24, 2.45) is 0 Å². The number of likely N-dealkylation sites (tertiary alicyclic amines) is 1. The fourth-order valence-corrected chi connectivity index (χ4v) is 10.6. The molecule has 106 valence electrons. The van der Waals surface area contributed by atoms with Crippen LogP contribution in [-0.2, 0) is 33.5 Å². The van der Waals surface area contributed by atoms with Crippen LogP contribution in [0.4, 0.5) is 4.79 Å². The second kappa shape index (κ2) is 8.37. The first-order valence-corrected chi connectivity index (χ1v) is 23.1. The van der Waals surface area contributed by atoms with E-state index in [1.807, 2.05) is 35.2 Å². The van der Waals surface area contributed by atoms with Crippen LogP contribution in [0.15, 0.2) is 30.3 Å². The van der Waals surface area contributed by atoms with Crippen molar-refractivity contribution in [3.63, 3.8) is 0 Å². The predicted octanol–water partition coefficient (Wildman–Crippen LogP) is 4.38. The van der Waals surface area contributed by atoms with Gasteiger partial charge >= 0.3 is 139 Å². The summed E-state index contributed by atoms with van der Waals surface area (Å²) in [5.41, 5.74) is 1.04. The van der Waals surface area contributed by atoms with Crippen LogP contribution in [0.2, 0.25) is 3.93 Å². The third kappa shape index (κ3) is 4.45. The molecular formula is C15H20BrHgNO2. The average molecular weight is 527 g/mol. The van der Waals surface area contributed by atoms with E-state index in [4.69, 9.17) is 4.74 Å². The molecule has 0 bridgehead atoms. The van der Waals surface area contributed by atoms with E-state index < -0.39 is 22.1 Å². The fourth-order valence-electron chi connectivity index (χ4n) is 2.82. The van der Waals surface area contributed by atoms with E-state index in [-0.39, 0.29) is 6.09 Å². The number of amides is 1. The number of carbonyl (C=O) groups is 1. The third-order valence-electron chi connectivity index (χ3n) is 3.89. The number of ether oxygens (including phenoxy) is 1. The van der Waals surface area contributed by atoms with Crippen molar-refractivity contribution in [1.82, 2.24) is 4.90 Å². The van der Waals surface area contributed by atoms with E-state index in [9.17, 15) is 4.79 Å². The van der Waals surface area contributed by atoms with Crippen molar-refractivity contribution in [2.75, 3.05) is 0 Å². The molecule has 0 saturated carbocycles. The summed E-state index contributed by atoms with van der Waals surface area (Å²) in [6.45, 7) is 2.51. The summed E-state index contributed by atoms with van der Waals surface area (Å²) in [6.07, 6.45) is 3.32. The van der Waals surface area contributed by atoms with Crippen LogP contribution in [0.25, 0.3) is 0 Å². The number of benzene rings is 1. The number of piperidine rings is 1. The molecule has 0 N–H and O–H groups in total. The van der Waals surface area contributed by atoms with Crippen molar-refractivity contribution in [3.8, 4) is 0 Å². The Balaban J connectivity index is 1.94. The summed E-state index contributed by atoms with van der Waals surface area (Å²) in [4.78, 5) is 14.4. The van der Waals surface area contributed by atoms with Crippen LogP contribution in [0.1, 0.15) is 31.7 Å². The van der Waals surface area contributed by atoms with Crippen LogP contribution < -0.4 is 0 Å². The van der Waals surface area contributed by atoms with E-state index in [1.165, 1.54) is 10.4 Å². The van der Waals surface area contributed by atoms with E-state index >= 15 is 0 Å². The molecule has 0 radical (unpaired) electrons. The molecule has 1 heterocycles. The SMILES string of the molecule is C[C@H]1CCC[C@@H]([CH2][Hg][Br])N1C(=O)OCc1ccccc1. The van der Waals surface area contributed by atoms with Crippen molar-refractivity contribution in [3.05, 3.63) is 35.9 Å². The molecule has 0 spiro atoms. The van der Waals surface area contributed by atoms with Gasteiger partial charge in [0.15, 0.2) is 0 Å². The summed E-state index contributed by atoms with van der Waals surface area (Å²) in [5, 5.41) is 0. The standard InChI is InChI=1S/C15H20NO2.BrH.Hg/c1-12-7-6-8-13(2)16(12)15(17)18-11-14-9-4-3-5-10-14;;/h3-5,9-10,12-13H,1,6-8,11H2,2H3;1H;/q;;+1/p-1/t12-,13+;;/m1../s1. The zero-order chi connectivity index (χ0) is 14.4. The van der Waals surface area contributed by atoms with E-state index in [1.54, 1.807) is 0 Å². The Kier molecular flexibility index (Phi) is 6.81. The molecular weight excluding hydrogens is 507 g/mol. The van der Waals surface area contributed by atoms with E-state index in [0.29, 0.717) is 18.7 Å². The Morgan fingerprint density at radius 2 is 2.15 bits per heavy atom.